The van der Waals surface area contributed by atoms with E-state index in [0.717, 1.165) is 42.3 Å². The monoisotopic (exact) mass is 469 g/mol. The molecule has 1 aliphatic carbocycles. The number of hydrogen-bond donors (Lipinski definition) is 1. The number of benzene rings is 1. The molecule has 2 aliphatic rings. The smallest absolute Gasteiger partial charge is 0.271 e. The summed E-state index contributed by atoms with van der Waals surface area (Å²) in [7, 11) is 1.64. The minimum absolute atomic E-state index is 0.0572. The van der Waals surface area contributed by atoms with Gasteiger partial charge in [-0.3, -0.25) is 9.59 Å². The van der Waals surface area contributed by atoms with Crippen molar-refractivity contribution in [3.8, 4) is 5.75 Å². The van der Waals surface area contributed by atoms with Crippen molar-refractivity contribution in [1.82, 2.24) is 14.8 Å². The SMILES string of the molecule is CCOCCCN1C(=O)c2cc3ccc(OC)cc3n2C[C@]1(C)C(=O)NC1CCCCCCC1. The molecule has 0 unspecified atom stereocenters. The first-order valence-electron chi connectivity index (χ1n) is 12.9. The Morgan fingerprint density at radius 2 is 1.88 bits per heavy atom. The topological polar surface area (TPSA) is 72.8 Å². The molecule has 1 atom stereocenters. The number of nitrogens with zero attached hydrogens (tertiary/aromatic N) is 2. The largest absolute Gasteiger partial charge is 0.497 e. The summed E-state index contributed by atoms with van der Waals surface area (Å²) in [5.41, 5.74) is 0.561. The minimum Gasteiger partial charge on any atom is -0.497 e. The standard InChI is InChI=1S/C27H39N3O4/c1-4-34-16-10-15-30-25(31)24-17-20-13-14-22(33-3)18-23(20)29(24)19-27(30,2)26(32)28-21-11-8-6-5-7-9-12-21/h13-14,17-18,21H,4-12,15-16,19H2,1-3H3,(H,28,32)/t27-/m1/s1. The van der Waals surface area contributed by atoms with E-state index < -0.39 is 5.54 Å². The van der Waals surface area contributed by atoms with Gasteiger partial charge in [-0.25, -0.2) is 0 Å². The molecule has 1 aliphatic heterocycles. The van der Waals surface area contributed by atoms with Crippen LogP contribution in [0.2, 0.25) is 0 Å². The number of hydrogen-bond acceptors (Lipinski definition) is 4. The maximum atomic E-state index is 13.8. The molecule has 186 valence electrons. The van der Waals surface area contributed by atoms with Crippen LogP contribution in [0.4, 0.5) is 0 Å². The number of fused-ring (bicyclic) bond motifs is 3. The fourth-order valence-corrected chi connectivity index (χ4v) is 5.42. The number of carbonyl (C=O) groups excluding carboxylic acids is 2. The first-order valence-corrected chi connectivity index (χ1v) is 12.9. The van der Waals surface area contributed by atoms with Gasteiger partial charge in [0.25, 0.3) is 5.91 Å². The van der Waals surface area contributed by atoms with Crippen LogP contribution in [0.1, 0.15) is 75.7 Å². The van der Waals surface area contributed by atoms with E-state index in [2.05, 4.69) is 5.32 Å². The molecule has 4 rings (SSSR count). The quantitative estimate of drug-likeness (QED) is 0.577. The maximum absolute atomic E-state index is 13.8. The summed E-state index contributed by atoms with van der Waals surface area (Å²) >= 11 is 0. The van der Waals surface area contributed by atoms with Crippen LogP contribution in [-0.4, -0.2) is 59.7 Å². The molecule has 0 bridgehead atoms. The van der Waals surface area contributed by atoms with E-state index in [1.165, 1.54) is 19.3 Å². The van der Waals surface area contributed by atoms with Crippen molar-refractivity contribution in [2.24, 2.45) is 0 Å². The molecule has 1 N–H and O–H groups in total. The van der Waals surface area contributed by atoms with Crippen molar-refractivity contribution in [2.75, 3.05) is 26.9 Å². The molecular weight excluding hydrogens is 430 g/mol. The van der Waals surface area contributed by atoms with Crippen LogP contribution >= 0.6 is 0 Å². The lowest BCUT2D eigenvalue weighted by atomic mass is 9.92. The molecule has 1 saturated carbocycles. The Balaban J connectivity index is 1.65. The van der Waals surface area contributed by atoms with Crippen LogP contribution in [0.5, 0.6) is 5.75 Å². The number of aromatic nitrogens is 1. The first-order chi connectivity index (χ1) is 16.5. The zero-order chi connectivity index (χ0) is 24.1. The fourth-order valence-electron chi connectivity index (χ4n) is 5.42. The van der Waals surface area contributed by atoms with Gasteiger partial charge in [-0.2, -0.15) is 0 Å². The fraction of sp³-hybridized carbons (Fsp3) is 0.630. The number of carbonyl (C=O) groups is 2. The van der Waals surface area contributed by atoms with Crippen molar-refractivity contribution in [2.45, 2.75) is 83.3 Å². The normalized spacial score (nSPS) is 21.7. The Kier molecular flexibility index (Phi) is 7.81. The highest BCUT2D eigenvalue weighted by Gasteiger charge is 2.47. The molecule has 34 heavy (non-hydrogen) atoms. The third-order valence-electron chi connectivity index (χ3n) is 7.44. The molecule has 2 aromatic rings. The molecule has 2 heterocycles. The molecule has 0 spiro atoms. The van der Waals surface area contributed by atoms with Gasteiger partial charge < -0.3 is 24.3 Å². The van der Waals surface area contributed by atoms with E-state index in [9.17, 15) is 9.59 Å². The average molecular weight is 470 g/mol. The molecule has 1 aromatic heterocycles. The van der Waals surface area contributed by atoms with Gasteiger partial charge in [-0.1, -0.05) is 32.1 Å². The number of nitrogens with one attached hydrogen (secondary N) is 1. The van der Waals surface area contributed by atoms with Gasteiger partial charge in [0.1, 0.15) is 17.0 Å². The van der Waals surface area contributed by atoms with E-state index in [4.69, 9.17) is 9.47 Å². The summed E-state index contributed by atoms with van der Waals surface area (Å²) in [4.78, 5) is 29.4. The Labute approximate surface area is 202 Å². The van der Waals surface area contributed by atoms with Gasteiger partial charge in [-0.05, 0) is 51.3 Å². The highest BCUT2D eigenvalue weighted by atomic mass is 16.5. The molecule has 0 saturated heterocycles. The average Bonchev–Trinajstić information content (AvgIpc) is 3.17. The first kappa shape index (κ1) is 24.6. The Morgan fingerprint density at radius 3 is 2.59 bits per heavy atom. The lowest BCUT2D eigenvalue weighted by Crippen LogP contribution is -2.65. The van der Waals surface area contributed by atoms with Gasteiger partial charge in [0, 0.05) is 37.3 Å². The Bertz CT molecular complexity index is 1010. The van der Waals surface area contributed by atoms with E-state index in [0.29, 0.717) is 38.4 Å². The summed E-state index contributed by atoms with van der Waals surface area (Å²) < 4.78 is 12.9. The summed E-state index contributed by atoms with van der Waals surface area (Å²) in [5.74, 6) is 0.576. The van der Waals surface area contributed by atoms with Crippen LogP contribution in [0.3, 0.4) is 0 Å². The molecule has 1 aromatic carbocycles. The molecule has 0 radical (unpaired) electrons. The van der Waals surface area contributed by atoms with Crippen LogP contribution in [0, 0.1) is 0 Å². The Morgan fingerprint density at radius 1 is 1.15 bits per heavy atom. The van der Waals surface area contributed by atoms with E-state index in [-0.39, 0.29) is 17.9 Å². The third kappa shape index (κ3) is 4.95. The third-order valence-corrected chi connectivity index (χ3v) is 7.44. The van der Waals surface area contributed by atoms with E-state index >= 15 is 0 Å². The summed E-state index contributed by atoms with van der Waals surface area (Å²) in [5, 5.41) is 4.32. The zero-order valence-corrected chi connectivity index (χ0v) is 20.9. The highest BCUT2D eigenvalue weighted by molar-refractivity contribution is 6.03. The maximum Gasteiger partial charge on any atom is 0.271 e. The van der Waals surface area contributed by atoms with E-state index in [1.54, 1.807) is 12.0 Å². The summed E-state index contributed by atoms with van der Waals surface area (Å²) in [6.07, 6.45) is 8.74. The number of rotatable bonds is 8. The van der Waals surface area contributed by atoms with Gasteiger partial charge in [-0.15, -0.1) is 0 Å². The van der Waals surface area contributed by atoms with Gasteiger partial charge in [0.05, 0.1) is 19.2 Å². The second-order valence-electron chi connectivity index (χ2n) is 9.84. The van der Waals surface area contributed by atoms with Crippen LogP contribution in [-0.2, 0) is 16.1 Å². The molecule has 7 heteroatoms. The van der Waals surface area contributed by atoms with Crippen molar-refractivity contribution >= 4 is 22.7 Å². The van der Waals surface area contributed by atoms with Crippen LogP contribution in [0.15, 0.2) is 24.3 Å². The molecule has 7 nitrogen and oxygen atoms in total. The predicted molar refractivity (Wildman–Crippen MR) is 133 cm³/mol. The number of methoxy groups -OCH3 is 1. The summed E-state index contributed by atoms with van der Waals surface area (Å²) in [6.45, 7) is 5.99. The van der Waals surface area contributed by atoms with Crippen molar-refractivity contribution in [3.05, 3.63) is 30.0 Å². The van der Waals surface area contributed by atoms with Crippen LogP contribution in [0.25, 0.3) is 10.9 Å². The zero-order valence-electron chi connectivity index (χ0n) is 20.9. The molecule has 1 fully saturated rings. The lowest BCUT2D eigenvalue weighted by molar-refractivity contribution is -0.133. The molecular formula is C27H39N3O4. The number of ether oxygens (including phenoxy) is 2. The van der Waals surface area contributed by atoms with Gasteiger partial charge in [0.2, 0.25) is 5.91 Å². The second-order valence-corrected chi connectivity index (χ2v) is 9.84. The molecule has 2 amide bonds. The highest BCUT2D eigenvalue weighted by Crippen LogP contribution is 2.34. The van der Waals surface area contributed by atoms with Crippen molar-refractivity contribution < 1.29 is 19.1 Å². The number of amides is 2. The van der Waals surface area contributed by atoms with Crippen LogP contribution < -0.4 is 10.1 Å². The van der Waals surface area contributed by atoms with Crippen molar-refractivity contribution in [3.63, 3.8) is 0 Å². The van der Waals surface area contributed by atoms with Gasteiger partial charge >= 0.3 is 0 Å². The van der Waals surface area contributed by atoms with E-state index in [1.807, 2.05) is 42.7 Å². The summed E-state index contributed by atoms with van der Waals surface area (Å²) in [6, 6.07) is 7.92. The van der Waals surface area contributed by atoms with Gasteiger partial charge in [0.15, 0.2) is 0 Å². The van der Waals surface area contributed by atoms with Crippen molar-refractivity contribution in [1.29, 1.82) is 0 Å². The lowest BCUT2D eigenvalue weighted by Gasteiger charge is -2.44. The predicted octanol–water partition coefficient (Wildman–Crippen LogP) is 4.52. The second kappa shape index (κ2) is 10.8. The minimum atomic E-state index is -0.978. The Hall–Kier alpha value is -2.54.